The fraction of sp³-hybridized carbons (Fsp3) is 0.154. The fourth-order valence-electron chi connectivity index (χ4n) is 5.38. The molecule has 9 heteroatoms. The zero-order valence-corrected chi connectivity index (χ0v) is 20.8. The van der Waals surface area contributed by atoms with E-state index >= 15 is 0 Å². The van der Waals surface area contributed by atoms with Crippen molar-refractivity contribution in [2.24, 2.45) is 11.8 Å². The molecule has 2 heterocycles. The van der Waals surface area contributed by atoms with E-state index in [1.54, 1.807) is 48.5 Å². The second-order valence-electron chi connectivity index (χ2n) is 8.64. The lowest BCUT2D eigenvalue weighted by atomic mass is 9.77. The van der Waals surface area contributed by atoms with E-state index in [1.807, 2.05) is 0 Å². The molecule has 0 radical (unpaired) electrons. The van der Waals surface area contributed by atoms with Gasteiger partial charge in [0.2, 0.25) is 29.0 Å². The maximum absolute atomic E-state index is 13.9. The molecular weight excluding hydrogens is 557 g/mol. The Hall–Kier alpha value is -2.84. The minimum Gasteiger partial charge on any atom is -0.349 e. The van der Waals surface area contributed by atoms with Crippen LogP contribution < -0.4 is 4.90 Å². The van der Waals surface area contributed by atoms with Crippen molar-refractivity contribution < 1.29 is 23.9 Å². The van der Waals surface area contributed by atoms with Gasteiger partial charge in [0.1, 0.15) is 0 Å². The van der Waals surface area contributed by atoms with Crippen LogP contribution in [-0.2, 0) is 14.3 Å². The lowest BCUT2D eigenvalue weighted by molar-refractivity contribution is -0.127. The van der Waals surface area contributed by atoms with Gasteiger partial charge >= 0.3 is 0 Å². The largest absolute Gasteiger partial charge is 0.349 e. The monoisotopic (exact) mass is 569 g/mol. The number of Topliss-reactive ketones (excluding diaryl/α,β-unsaturated/α-hetero) is 2. The molecule has 0 unspecified atom stereocenters. The van der Waals surface area contributed by atoms with Gasteiger partial charge in [-0.25, -0.2) is 4.90 Å². The standard InChI is InChI=1S/C26H14BrCl2NO5/c27-12-5-8-14(9-6-12)30-24(33)19-20(25(30)34)26(22(31)15-3-1-2-4-16(15)23(26)32)35-21(19)17-10-7-13(28)11-18(17)29/h1-11,19-21H/t19-,20+,21-/m0/s1. The molecule has 2 amide bonds. The molecule has 35 heavy (non-hydrogen) atoms. The van der Waals surface area contributed by atoms with E-state index in [-0.39, 0.29) is 16.1 Å². The first kappa shape index (κ1) is 22.6. The van der Waals surface area contributed by atoms with Gasteiger partial charge in [0, 0.05) is 31.2 Å². The molecule has 3 atom stereocenters. The molecular formula is C26H14BrCl2NO5. The Morgan fingerprint density at radius 3 is 2.06 bits per heavy atom. The molecule has 174 valence electrons. The lowest BCUT2D eigenvalue weighted by Crippen LogP contribution is -2.51. The van der Waals surface area contributed by atoms with Crippen LogP contribution in [0.3, 0.4) is 0 Å². The van der Waals surface area contributed by atoms with Crippen LogP contribution in [0.25, 0.3) is 0 Å². The Kier molecular flexibility index (Phi) is 5.06. The molecule has 2 saturated heterocycles. The van der Waals surface area contributed by atoms with E-state index in [4.69, 9.17) is 27.9 Å². The second-order valence-corrected chi connectivity index (χ2v) is 10.4. The molecule has 3 aromatic rings. The van der Waals surface area contributed by atoms with Crippen LogP contribution in [-0.4, -0.2) is 29.0 Å². The number of imide groups is 1. The Bertz CT molecular complexity index is 1440. The quantitative estimate of drug-likeness (QED) is 0.302. The topological polar surface area (TPSA) is 80.8 Å². The number of carbonyl (C=O) groups is 4. The fourth-order valence-corrected chi connectivity index (χ4v) is 6.16. The van der Waals surface area contributed by atoms with Crippen molar-refractivity contribution in [2.75, 3.05) is 4.90 Å². The third kappa shape index (κ3) is 2.99. The number of hydrogen-bond acceptors (Lipinski definition) is 5. The van der Waals surface area contributed by atoms with Crippen LogP contribution in [0.15, 0.2) is 71.2 Å². The van der Waals surface area contributed by atoms with Crippen LogP contribution in [0.2, 0.25) is 10.0 Å². The summed E-state index contributed by atoms with van der Waals surface area (Å²) >= 11 is 15.9. The number of fused-ring (bicyclic) bond motifs is 3. The second kappa shape index (κ2) is 7.83. The van der Waals surface area contributed by atoms with E-state index in [2.05, 4.69) is 15.9 Å². The van der Waals surface area contributed by atoms with Gasteiger partial charge in [-0.15, -0.1) is 0 Å². The van der Waals surface area contributed by atoms with E-state index in [0.717, 1.165) is 9.37 Å². The van der Waals surface area contributed by atoms with E-state index in [9.17, 15) is 19.2 Å². The number of ether oxygens (including phenoxy) is 1. The molecule has 0 bridgehead atoms. The summed E-state index contributed by atoms with van der Waals surface area (Å²) in [5.41, 5.74) is -1.11. The summed E-state index contributed by atoms with van der Waals surface area (Å²) in [5, 5.41) is 0.574. The predicted octanol–water partition coefficient (Wildman–Crippen LogP) is 5.45. The molecule has 6 nitrogen and oxygen atoms in total. The number of amides is 2. The van der Waals surface area contributed by atoms with Crippen LogP contribution in [0.4, 0.5) is 5.69 Å². The van der Waals surface area contributed by atoms with Gasteiger partial charge in [0.25, 0.3) is 0 Å². The van der Waals surface area contributed by atoms with Gasteiger partial charge in [0.05, 0.1) is 23.6 Å². The van der Waals surface area contributed by atoms with Crippen molar-refractivity contribution in [2.45, 2.75) is 11.7 Å². The lowest BCUT2D eigenvalue weighted by Gasteiger charge is -2.27. The minimum atomic E-state index is -2.15. The maximum Gasteiger partial charge on any atom is 0.241 e. The number of anilines is 1. The molecule has 0 aromatic heterocycles. The number of benzene rings is 3. The summed E-state index contributed by atoms with van der Waals surface area (Å²) < 4.78 is 7.00. The molecule has 1 spiro atoms. The summed E-state index contributed by atoms with van der Waals surface area (Å²) in [6, 6.07) is 17.6. The van der Waals surface area contributed by atoms with Crippen molar-refractivity contribution in [3.05, 3.63) is 97.9 Å². The van der Waals surface area contributed by atoms with Gasteiger partial charge in [-0.1, -0.05) is 69.5 Å². The summed E-state index contributed by atoms with van der Waals surface area (Å²) in [4.78, 5) is 56.2. The van der Waals surface area contributed by atoms with Crippen LogP contribution in [0, 0.1) is 11.8 Å². The summed E-state index contributed by atoms with van der Waals surface area (Å²) in [5.74, 6) is -4.95. The van der Waals surface area contributed by atoms with Gasteiger partial charge < -0.3 is 4.74 Å². The zero-order chi connectivity index (χ0) is 24.6. The average molecular weight is 571 g/mol. The van der Waals surface area contributed by atoms with Gasteiger partial charge in [-0.3, -0.25) is 19.2 Å². The first-order valence-corrected chi connectivity index (χ1v) is 12.3. The van der Waals surface area contributed by atoms with Crippen LogP contribution in [0.1, 0.15) is 32.4 Å². The zero-order valence-electron chi connectivity index (χ0n) is 17.7. The molecule has 2 aliphatic heterocycles. The van der Waals surface area contributed by atoms with Crippen LogP contribution in [0.5, 0.6) is 0 Å². The van der Waals surface area contributed by atoms with Gasteiger partial charge in [-0.05, 0) is 36.4 Å². The first-order valence-electron chi connectivity index (χ1n) is 10.7. The smallest absolute Gasteiger partial charge is 0.241 e. The normalized spacial score (nSPS) is 24.4. The highest BCUT2D eigenvalue weighted by Crippen LogP contribution is 2.58. The SMILES string of the molecule is O=C1[C@@H]2[C@H](c3ccc(Cl)cc3Cl)OC3(C(=O)c4ccccc4C3=O)[C@H]2C(=O)N1c1ccc(Br)cc1. The molecule has 1 aliphatic carbocycles. The molecule has 2 fully saturated rings. The molecule has 6 rings (SSSR count). The van der Waals surface area contributed by atoms with Gasteiger partial charge in [0.15, 0.2) is 0 Å². The van der Waals surface area contributed by atoms with E-state index < -0.39 is 46.9 Å². The number of rotatable bonds is 2. The Morgan fingerprint density at radius 1 is 0.829 bits per heavy atom. The third-order valence-corrected chi connectivity index (χ3v) is 7.96. The number of nitrogens with zero attached hydrogens (tertiary/aromatic N) is 1. The third-order valence-electron chi connectivity index (χ3n) is 6.87. The van der Waals surface area contributed by atoms with Crippen molar-refractivity contribution in [3.8, 4) is 0 Å². The van der Waals surface area contributed by atoms with E-state index in [1.165, 1.54) is 18.2 Å². The average Bonchev–Trinajstić information content (AvgIpc) is 3.40. The molecule has 0 saturated carbocycles. The highest BCUT2D eigenvalue weighted by Gasteiger charge is 2.74. The van der Waals surface area contributed by atoms with Crippen LogP contribution >= 0.6 is 39.1 Å². The minimum absolute atomic E-state index is 0.168. The highest BCUT2D eigenvalue weighted by atomic mass is 79.9. The Morgan fingerprint density at radius 2 is 1.46 bits per heavy atom. The number of hydrogen-bond donors (Lipinski definition) is 0. The predicted molar refractivity (Wildman–Crippen MR) is 132 cm³/mol. The molecule has 3 aromatic carbocycles. The summed E-state index contributed by atoms with van der Waals surface area (Å²) in [6.07, 6.45) is -1.11. The van der Waals surface area contributed by atoms with Crippen molar-refractivity contribution in [1.82, 2.24) is 0 Å². The summed E-state index contributed by atoms with van der Waals surface area (Å²) in [6.45, 7) is 0. The summed E-state index contributed by atoms with van der Waals surface area (Å²) in [7, 11) is 0. The molecule has 3 aliphatic rings. The van der Waals surface area contributed by atoms with Gasteiger partial charge in [-0.2, -0.15) is 0 Å². The highest BCUT2D eigenvalue weighted by molar-refractivity contribution is 9.10. The number of halogens is 3. The number of carbonyl (C=O) groups excluding carboxylic acids is 4. The Balaban J connectivity index is 1.56. The number of ketones is 2. The molecule has 0 N–H and O–H groups in total. The van der Waals surface area contributed by atoms with Crippen molar-refractivity contribution in [1.29, 1.82) is 0 Å². The maximum atomic E-state index is 13.9. The first-order chi connectivity index (χ1) is 16.8. The van der Waals surface area contributed by atoms with Crippen molar-refractivity contribution in [3.63, 3.8) is 0 Å². The Labute approximate surface area is 217 Å². The van der Waals surface area contributed by atoms with E-state index in [0.29, 0.717) is 16.3 Å². The van der Waals surface area contributed by atoms with Crippen molar-refractivity contribution >= 4 is 68.2 Å².